The Hall–Kier alpha value is -2.20. The van der Waals surface area contributed by atoms with Crippen molar-refractivity contribution in [3.8, 4) is 11.5 Å². The summed E-state index contributed by atoms with van der Waals surface area (Å²) in [4.78, 5) is 0. The molecule has 0 unspecified atom stereocenters. The lowest BCUT2D eigenvalue weighted by Gasteiger charge is -2.10. The van der Waals surface area contributed by atoms with Gasteiger partial charge in [-0.3, -0.25) is 5.43 Å². The molecule has 0 radical (unpaired) electrons. The Bertz CT molecular complexity index is 627. The quantitative estimate of drug-likeness (QED) is 0.600. The number of nitrogens with one attached hydrogen (secondary N) is 1. The topological polar surface area (TPSA) is 42.8 Å². The third kappa shape index (κ3) is 4.67. The Kier molecular flexibility index (Phi) is 6.10. The fourth-order valence-electron chi connectivity index (χ4n) is 1.80. The molecule has 2 aromatic carbocycles. The summed E-state index contributed by atoms with van der Waals surface area (Å²) in [6.07, 6.45) is 2.68. The van der Waals surface area contributed by atoms with Gasteiger partial charge in [0.25, 0.3) is 0 Å². The van der Waals surface area contributed by atoms with E-state index in [1.165, 1.54) is 0 Å². The van der Waals surface area contributed by atoms with Gasteiger partial charge in [0.15, 0.2) is 11.5 Å². The Morgan fingerprint density at radius 2 is 1.91 bits per heavy atom. The van der Waals surface area contributed by atoms with Crippen molar-refractivity contribution in [1.82, 2.24) is 0 Å². The second-order valence-corrected chi connectivity index (χ2v) is 5.07. The third-order valence-corrected chi connectivity index (χ3v) is 3.15. The SMILES string of the molecule is CCCOc1ccc(/C=N\Nc2ccc(Cl)cc2)cc1OC. The number of anilines is 1. The summed E-state index contributed by atoms with van der Waals surface area (Å²) in [6, 6.07) is 13.0. The normalized spacial score (nSPS) is 10.7. The van der Waals surface area contributed by atoms with Crippen molar-refractivity contribution in [2.45, 2.75) is 13.3 Å². The van der Waals surface area contributed by atoms with E-state index >= 15 is 0 Å². The van der Waals surface area contributed by atoms with Crippen molar-refractivity contribution in [2.75, 3.05) is 19.1 Å². The molecule has 5 heteroatoms. The highest BCUT2D eigenvalue weighted by Gasteiger charge is 2.04. The molecular weight excluding hydrogens is 300 g/mol. The maximum absolute atomic E-state index is 5.83. The molecule has 0 spiro atoms. The van der Waals surface area contributed by atoms with Gasteiger partial charge in [-0.2, -0.15) is 5.10 Å². The zero-order valence-corrected chi connectivity index (χ0v) is 13.4. The minimum Gasteiger partial charge on any atom is -0.493 e. The lowest BCUT2D eigenvalue weighted by molar-refractivity contribution is 0.294. The molecule has 0 atom stereocenters. The van der Waals surface area contributed by atoms with E-state index in [0.717, 1.165) is 23.4 Å². The first kappa shape index (κ1) is 16.2. The number of methoxy groups -OCH3 is 1. The van der Waals surface area contributed by atoms with Gasteiger partial charge in [0.05, 0.1) is 25.6 Å². The van der Waals surface area contributed by atoms with Crippen LogP contribution in [0.3, 0.4) is 0 Å². The first-order valence-corrected chi connectivity index (χ1v) is 7.46. The molecule has 2 aromatic rings. The smallest absolute Gasteiger partial charge is 0.161 e. The number of hydrazone groups is 1. The predicted octanol–water partition coefficient (Wildman–Crippen LogP) is 4.58. The van der Waals surface area contributed by atoms with Crippen molar-refractivity contribution in [3.63, 3.8) is 0 Å². The van der Waals surface area contributed by atoms with Gasteiger partial charge in [-0.25, -0.2) is 0 Å². The molecule has 0 aliphatic carbocycles. The molecule has 0 aromatic heterocycles. The number of hydrogen-bond donors (Lipinski definition) is 1. The molecule has 0 aliphatic heterocycles. The van der Waals surface area contributed by atoms with Crippen LogP contribution < -0.4 is 14.9 Å². The Balaban J connectivity index is 2.02. The van der Waals surface area contributed by atoms with Crippen LogP contribution in [-0.2, 0) is 0 Å². The molecule has 0 fully saturated rings. The number of benzene rings is 2. The summed E-state index contributed by atoms with van der Waals surface area (Å²) >= 11 is 5.83. The van der Waals surface area contributed by atoms with E-state index in [4.69, 9.17) is 21.1 Å². The number of halogens is 1. The third-order valence-electron chi connectivity index (χ3n) is 2.90. The van der Waals surface area contributed by atoms with E-state index in [1.54, 1.807) is 13.3 Å². The zero-order chi connectivity index (χ0) is 15.8. The Morgan fingerprint density at radius 1 is 1.14 bits per heavy atom. The van der Waals surface area contributed by atoms with E-state index < -0.39 is 0 Å². The monoisotopic (exact) mass is 318 g/mol. The molecule has 0 amide bonds. The van der Waals surface area contributed by atoms with Gasteiger partial charge >= 0.3 is 0 Å². The van der Waals surface area contributed by atoms with Gasteiger partial charge in [-0.15, -0.1) is 0 Å². The van der Waals surface area contributed by atoms with Gasteiger partial charge in [0.1, 0.15) is 0 Å². The van der Waals surface area contributed by atoms with Crippen LogP contribution in [0.25, 0.3) is 0 Å². The molecule has 4 nitrogen and oxygen atoms in total. The summed E-state index contributed by atoms with van der Waals surface area (Å²) in [5.74, 6) is 1.44. The fraction of sp³-hybridized carbons (Fsp3) is 0.235. The number of nitrogens with zero attached hydrogens (tertiary/aromatic N) is 1. The molecule has 0 bridgehead atoms. The van der Waals surface area contributed by atoms with Crippen LogP contribution in [-0.4, -0.2) is 19.9 Å². The minimum atomic E-state index is 0.669. The van der Waals surface area contributed by atoms with E-state index in [1.807, 2.05) is 42.5 Å². The molecule has 0 saturated carbocycles. The lowest BCUT2D eigenvalue weighted by Crippen LogP contribution is -1.98. The van der Waals surface area contributed by atoms with E-state index in [0.29, 0.717) is 17.4 Å². The molecule has 0 saturated heterocycles. The van der Waals surface area contributed by atoms with E-state index in [2.05, 4.69) is 17.5 Å². The largest absolute Gasteiger partial charge is 0.493 e. The van der Waals surface area contributed by atoms with Gasteiger partial charge in [0, 0.05) is 5.02 Å². The van der Waals surface area contributed by atoms with E-state index in [-0.39, 0.29) is 0 Å². The highest BCUT2D eigenvalue weighted by Crippen LogP contribution is 2.27. The van der Waals surface area contributed by atoms with Gasteiger partial charge in [0.2, 0.25) is 0 Å². The average molecular weight is 319 g/mol. The fourth-order valence-corrected chi connectivity index (χ4v) is 1.93. The predicted molar refractivity (Wildman–Crippen MR) is 91.4 cm³/mol. The second kappa shape index (κ2) is 8.29. The van der Waals surface area contributed by atoms with Gasteiger partial charge < -0.3 is 9.47 Å². The Morgan fingerprint density at radius 3 is 2.59 bits per heavy atom. The lowest BCUT2D eigenvalue weighted by atomic mass is 10.2. The summed E-state index contributed by atoms with van der Waals surface area (Å²) < 4.78 is 11.0. The van der Waals surface area contributed by atoms with Crippen molar-refractivity contribution in [2.24, 2.45) is 5.10 Å². The Labute approximate surface area is 135 Å². The van der Waals surface area contributed by atoms with Gasteiger partial charge in [-0.05, 0) is 54.4 Å². The van der Waals surface area contributed by atoms with Crippen molar-refractivity contribution in [1.29, 1.82) is 0 Å². The molecule has 0 heterocycles. The molecular formula is C17H19ClN2O2. The second-order valence-electron chi connectivity index (χ2n) is 4.64. The maximum Gasteiger partial charge on any atom is 0.161 e. The summed E-state index contributed by atoms with van der Waals surface area (Å²) in [5.41, 5.74) is 4.73. The first-order valence-electron chi connectivity index (χ1n) is 7.08. The van der Waals surface area contributed by atoms with Crippen molar-refractivity contribution in [3.05, 3.63) is 53.1 Å². The number of hydrogen-bond acceptors (Lipinski definition) is 4. The number of ether oxygens (including phenoxy) is 2. The summed E-state index contributed by atoms with van der Waals surface area (Å²) in [7, 11) is 1.63. The zero-order valence-electron chi connectivity index (χ0n) is 12.7. The molecule has 1 N–H and O–H groups in total. The van der Waals surface area contributed by atoms with E-state index in [9.17, 15) is 0 Å². The highest BCUT2D eigenvalue weighted by atomic mass is 35.5. The maximum atomic E-state index is 5.83. The average Bonchev–Trinajstić information content (AvgIpc) is 2.55. The minimum absolute atomic E-state index is 0.669. The van der Waals surface area contributed by atoms with Crippen molar-refractivity contribution >= 4 is 23.5 Å². The molecule has 0 aliphatic rings. The first-order chi connectivity index (χ1) is 10.7. The molecule has 22 heavy (non-hydrogen) atoms. The molecule has 116 valence electrons. The van der Waals surface area contributed by atoms with Crippen LogP contribution in [0.4, 0.5) is 5.69 Å². The number of rotatable bonds is 7. The van der Waals surface area contributed by atoms with Crippen LogP contribution in [0.15, 0.2) is 47.6 Å². The highest BCUT2D eigenvalue weighted by molar-refractivity contribution is 6.30. The summed E-state index contributed by atoms with van der Waals surface area (Å²) in [6.45, 7) is 2.73. The standard InChI is InChI=1S/C17H19ClN2O2/c1-3-10-22-16-9-4-13(11-17(16)21-2)12-19-20-15-7-5-14(18)6-8-15/h4-9,11-12,20H,3,10H2,1-2H3/b19-12-. The van der Waals surface area contributed by atoms with Crippen LogP contribution in [0.5, 0.6) is 11.5 Å². The van der Waals surface area contributed by atoms with Crippen LogP contribution >= 0.6 is 11.6 Å². The summed E-state index contributed by atoms with van der Waals surface area (Å²) in [5, 5.41) is 4.89. The van der Waals surface area contributed by atoms with Crippen LogP contribution in [0, 0.1) is 0 Å². The van der Waals surface area contributed by atoms with Crippen molar-refractivity contribution < 1.29 is 9.47 Å². The van der Waals surface area contributed by atoms with Crippen LogP contribution in [0.2, 0.25) is 5.02 Å². The molecule has 2 rings (SSSR count). The van der Waals surface area contributed by atoms with Gasteiger partial charge in [-0.1, -0.05) is 18.5 Å². The van der Waals surface area contributed by atoms with Crippen LogP contribution in [0.1, 0.15) is 18.9 Å².